The van der Waals surface area contributed by atoms with Crippen LogP contribution < -0.4 is 5.73 Å². The van der Waals surface area contributed by atoms with Crippen molar-refractivity contribution in [1.29, 1.82) is 0 Å². The summed E-state index contributed by atoms with van der Waals surface area (Å²) in [6.45, 7) is 0. The van der Waals surface area contributed by atoms with Crippen LogP contribution in [0.3, 0.4) is 0 Å². The van der Waals surface area contributed by atoms with E-state index >= 15 is 0 Å². The molecule has 74 valence electrons. The lowest BCUT2D eigenvalue weighted by atomic mass is 10.2. The lowest BCUT2D eigenvalue weighted by Crippen LogP contribution is -2.15. The van der Waals surface area contributed by atoms with E-state index in [0.717, 1.165) is 0 Å². The average molecular weight is 194 g/mol. The number of benzene rings is 1. The lowest BCUT2D eigenvalue weighted by Gasteiger charge is -1.95. The van der Waals surface area contributed by atoms with E-state index in [1.807, 2.05) is 6.07 Å². The van der Waals surface area contributed by atoms with E-state index in [1.54, 1.807) is 24.3 Å². The van der Waals surface area contributed by atoms with Crippen LogP contribution in [0.2, 0.25) is 0 Å². The van der Waals surface area contributed by atoms with Gasteiger partial charge in [0.05, 0.1) is 5.10 Å². The fourth-order valence-electron chi connectivity index (χ4n) is 0.847. The van der Waals surface area contributed by atoms with Gasteiger partial charge in [0.15, 0.2) is 0 Å². The van der Waals surface area contributed by atoms with Crippen LogP contribution in [0.5, 0.6) is 0 Å². The molecule has 1 aromatic carbocycles. The van der Waals surface area contributed by atoms with Gasteiger partial charge in [-0.05, 0) is 0 Å². The van der Waals surface area contributed by atoms with Crippen molar-refractivity contribution in [1.82, 2.24) is 0 Å². The van der Waals surface area contributed by atoms with E-state index in [0.29, 0.717) is 5.56 Å². The molecule has 0 spiro atoms. The zero-order chi connectivity index (χ0) is 10.4. The van der Waals surface area contributed by atoms with E-state index in [4.69, 9.17) is 5.73 Å². The summed E-state index contributed by atoms with van der Waals surface area (Å²) >= 11 is 0. The molecule has 6 nitrogen and oxygen atoms in total. The Morgan fingerprint density at radius 2 is 2.07 bits per heavy atom. The Bertz CT molecular complexity index is 348. The first-order valence-electron chi connectivity index (χ1n) is 3.85. The summed E-state index contributed by atoms with van der Waals surface area (Å²) in [5, 5.41) is 17.2. The molecule has 6 heteroatoms. The minimum atomic E-state index is 0.0162. The number of nitrogens with zero attached hydrogens (tertiary/aromatic N) is 3. The molecule has 0 atom stereocenters. The zero-order valence-corrected chi connectivity index (χ0v) is 7.62. The normalized spacial score (nSPS) is 12.6. The quantitative estimate of drug-likeness (QED) is 0.254. The molecule has 14 heavy (non-hydrogen) atoms. The summed E-state index contributed by atoms with van der Waals surface area (Å²) in [7, 11) is 1.25. The number of hydrogen-bond acceptors (Lipinski definition) is 3. The molecule has 0 saturated carbocycles. The highest BCUT2D eigenvalue weighted by Crippen LogP contribution is 1.97. The molecule has 0 aliphatic heterocycles. The highest BCUT2D eigenvalue weighted by atomic mass is 16.7. The average Bonchev–Trinajstić information content (AvgIpc) is 2.19. The van der Waals surface area contributed by atoms with Crippen LogP contribution in [0, 0.1) is 5.21 Å². The second-order valence-electron chi connectivity index (χ2n) is 2.37. The van der Waals surface area contributed by atoms with Gasteiger partial charge in [0.25, 0.3) is 0 Å². The maximum absolute atomic E-state index is 10.8. The van der Waals surface area contributed by atoms with Gasteiger partial charge >= 0.3 is 0 Å². The third kappa shape index (κ3) is 2.74. The minimum absolute atomic E-state index is 0.0162. The topological polar surface area (TPSA) is 86.0 Å². The number of rotatable bonds is 3. The number of amidine groups is 1. The first kappa shape index (κ1) is 9.97. The van der Waals surface area contributed by atoms with Gasteiger partial charge in [0.1, 0.15) is 12.1 Å². The molecule has 0 radical (unpaired) electrons. The number of nitrogens with two attached hydrogens (primary N) is 1. The summed E-state index contributed by atoms with van der Waals surface area (Å²) in [6, 6.07) is 8.89. The Kier molecular flexibility index (Phi) is 3.42. The molecule has 0 aromatic heterocycles. The van der Waals surface area contributed by atoms with Crippen molar-refractivity contribution in [2.75, 3.05) is 7.11 Å². The van der Waals surface area contributed by atoms with Crippen LogP contribution in [0.15, 0.2) is 40.7 Å². The lowest BCUT2D eigenvalue weighted by molar-refractivity contribution is -0.562. The second-order valence-corrected chi connectivity index (χ2v) is 2.37. The van der Waals surface area contributed by atoms with Gasteiger partial charge in [0, 0.05) is 5.56 Å². The zero-order valence-electron chi connectivity index (χ0n) is 7.62. The summed E-state index contributed by atoms with van der Waals surface area (Å²) in [4.78, 5) is 4.23. The highest BCUT2D eigenvalue weighted by molar-refractivity contribution is 5.96. The molecule has 0 aliphatic carbocycles. The van der Waals surface area contributed by atoms with Crippen molar-refractivity contribution in [2.24, 2.45) is 16.1 Å². The van der Waals surface area contributed by atoms with E-state index < -0.39 is 0 Å². The minimum Gasteiger partial charge on any atom is -0.567 e. The molecule has 1 rings (SSSR count). The highest BCUT2D eigenvalue weighted by Gasteiger charge is 2.01. The Morgan fingerprint density at radius 1 is 1.43 bits per heavy atom. The van der Waals surface area contributed by atoms with E-state index in [9.17, 15) is 5.21 Å². The first-order valence-corrected chi connectivity index (χ1v) is 3.85. The van der Waals surface area contributed by atoms with Gasteiger partial charge in [-0.2, -0.15) is 0 Å². The molecule has 0 bridgehead atoms. The molecule has 0 aliphatic rings. The number of hydrogen-bond donors (Lipinski definition) is 1. The smallest absolute Gasteiger partial charge is 0.235 e. The van der Waals surface area contributed by atoms with Gasteiger partial charge in [0.2, 0.25) is 11.1 Å². The van der Waals surface area contributed by atoms with Crippen LogP contribution in [0.25, 0.3) is 0 Å². The fourth-order valence-corrected chi connectivity index (χ4v) is 0.847. The Hall–Kier alpha value is -2.11. The van der Waals surface area contributed by atoms with Crippen molar-refractivity contribution in [3.8, 4) is 0 Å². The van der Waals surface area contributed by atoms with Crippen LogP contribution in [0.4, 0.5) is 0 Å². The SMILES string of the molecule is CO/N=[N+]([O-])/N=C(\N)c1ccccc1. The van der Waals surface area contributed by atoms with Crippen molar-refractivity contribution in [3.63, 3.8) is 0 Å². The standard InChI is InChI=1S/C8H10N4O2/c1-14-11-12(13)10-8(9)7-5-3-2-4-6-7/h2-6H,1H3,(H2,9,10,11). The van der Waals surface area contributed by atoms with Gasteiger partial charge in [-0.15, -0.1) is 0 Å². The summed E-state index contributed by atoms with van der Waals surface area (Å²) < 4.78 is 0. The largest absolute Gasteiger partial charge is 0.567 e. The molecule has 1 aromatic rings. The van der Waals surface area contributed by atoms with Gasteiger partial charge in [-0.25, -0.2) is 0 Å². The third-order valence-corrected chi connectivity index (χ3v) is 1.41. The summed E-state index contributed by atoms with van der Waals surface area (Å²) in [5.74, 6) is 0.0846. The predicted octanol–water partition coefficient (Wildman–Crippen LogP) is 0.831. The van der Waals surface area contributed by atoms with Crippen LogP contribution in [-0.2, 0) is 4.84 Å². The van der Waals surface area contributed by atoms with Gasteiger partial charge in [-0.1, -0.05) is 30.3 Å². The van der Waals surface area contributed by atoms with Crippen LogP contribution in [-0.4, -0.2) is 17.9 Å². The molecule has 0 heterocycles. The molecule has 2 N–H and O–H groups in total. The summed E-state index contributed by atoms with van der Waals surface area (Å²) in [6.07, 6.45) is 0. The molecule has 0 saturated heterocycles. The monoisotopic (exact) mass is 194 g/mol. The van der Waals surface area contributed by atoms with Crippen molar-refractivity contribution in [3.05, 3.63) is 41.1 Å². The molecular formula is C8H10N4O2. The van der Waals surface area contributed by atoms with Crippen molar-refractivity contribution < 1.29 is 9.81 Å². The van der Waals surface area contributed by atoms with Gasteiger partial charge < -0.3 is 15.8 Å². The maximum Gasteiger partial charge on any atom is 0.235 e. The van der Waals surface area contributed by atoms with Crippen molar-refractivity contribution >= 4 is 5.84 Å². The molecule has 0 fully saturated rings. The van der Waals surface area contributed by atoms with E-state index in [-0.39, 0.29) is 10.8 Å². The maximum atomic E-state index is 10.8. The Morgan fingerprint density at radius 3 is 2.64 bits per heavy atom. The summed E-state index contributed by atoms with van der Waals surface area (Å²) in [5.41, 5.74) is 6.17. The fraction of sp³-hybridized carbons (Fsp3) is 0.125. The number of hydrazone groups is 1. The van der Waals surface area contributed by atoms with Crippen LogP contribution >= 0.6 is 0 Å². The first-order chi connectivity index (χ1) is 6.74. The van der Waals surface area contributed by atoms with Crippen molar-refractivity contribution in [2.45, 2.75) is 0 Å². The molecule has 0 amide bonds. The third-order valence-electron chi connectivity index (χ3n) is 1.41. The predicted molar refractivity (Wildman–Crippen MR) is 50.2 cm³/mol. The Labute approximate surface area is 80.8 Å². The second kappa shape index (κ2) is 4.80. The molecule has 0 unspecified atom stereocenters. The van der Waals surface area contributed by atoms with Crippen LogP contribution in [0.1, 0.15) is 5.56 Å². The Balaban J connectivity index is 2.85. The molecular weight excluding hydrogens is 184 g/mol. The van der Waals surface area contributed by atoms with E-state index in [2.05, 4.69) is 15.2 Å². The van der Waals surface area contributed by atoms with E-state index in [1.165, 1.54) is 7.11 Å². The van der Waals surface area contributed by atoms with Gasteiger partial charge in [-0.3, -0.25) is 0 Å².